The number of anilines is 1. The molecule has 1 aromatic rings. The Bertz CT molecular complexity index is 377. The summed E-state index contributed by atoms with van der Waals surface area (Å²) in [6, 6.07) is 6.31. The lowest BCUT2D eigenvalue weighted by atomic mass is 9.87. The Labute approximate surface area is 96.5 Å². The lowest BCUT2D eigenvalue weighted by molar-refractivity contribution is 0.358. The van der Waals surface area contributed by atoms with E-state index in [1.807, 2.05) is 12.1 Å². The van der Waals surface area contributed by atoms with E-state index in [9.17, 15) is 0 Å². The summed E-state index contributed by atoms with van der Waals surface area (Å²) in [5, 5.41) is 12.1. The van der Waals surface area contributed by atoms with E-state index in [0.717, 1.165) is 11.7 Å². The van der Waals surface area contributed by atoms with Crippen LogP contribution in [0.4, 0.5) is 5.82 Å². The molecule has 1 heterocycles. The summed E-state index contributed by atoms with van der Waals surface area (Å²) >= 11 is 0. The zero-order valence-electron chi connectivity index (χ0n) is 9.61. The quantitative estimate of drug-likeness (QED) is 0.825. The second-order valence-corrected chi connectivity index (χ2v) is 4.66. The van der Waals surface area contributed by atoms with E-state index < -0.39 is 0 Å². The molecule has 3 nitrogen and oxygen atoms in total. The third kappa shape index (κ3) is 2.73. The zero-order chi connectivity index (χ0) is 11.4. The van der Waals surface area contributed by atoms with Crippen LogP contribution in [0.3, 0.4) is 0 Å². The Kier molecular flexibility index (Phi) is 3.40. The Morgan fingerprint density at radius 1 is 1.44 bits per heavy atom. The van der Waals surface area contributed by atoms with Gasteiger partial charge in [-0.15, -0.1) is 0 Å². The Morgan fingerprint density at radius 2 is 2.31 bits per heavy atom. The second kappa shape index (κ2) is 4.98. The maximum Gasteiger partial charge on any atom is 0.126 e. The monoisotopic (exact) mass is 215 g/mol. The maximum atomic E-state index is 8.67. The van der Waals surface area contributed by atoms with Crippen LogP contribution in [0.25, 0.3) is 0 Å². The Hall–Kier alpha value is -1.56. The van der Waals surface area contributed by atoms with Crippen molar-refractivity contribution in [2.45, 2.75) is 38.6 Å². The molecule has 2 atom stereocenters. The molecule has 1 saturated carbocycles. The standard InChI is InChI=1S/C13H17N3/c1-10-3-2-4-12(7-10)16-13-6-5-11(8-14)9-15-13/h5-6,9-10,12H,2-4,7H2,1H3,(H,15,16)/t10-,12-/m1/s1. The van der Waals surface area contributed by atoms with Crippen molar-refractivity contribution in [2.75, 3.05) is 5.32 Å². The van der Waals surface area contributed by atoms with E-state index in [4.69, 9.17) is 5.26 Å². The predicted molar refractivity (Wildman–Crippen MR) is 64.0 cm³/mol. The summed E-state index contributed by atoms with van der Waals surface area (Å²) in [7, 11) is 0. The van der Waals surface area contributed by atoms with Gasteiger partial charge in [0.1, 0.15) is 11.9 Å². The summed E-state index contributed by atoms with van der Waals surface area (Å²) in [5.41, 5.74) is 0.613. The van der Waals surface area contributed by atoms with Gasteiger partial charge in [-0.25, -0.2) is 4.98 Å². The molecule has 0 spiro atoms. The van der Waals surface area contributed by atoms with E-state index in [0.29, 0.717) is 11.6 Å². The molecule has 16 heavy (non-hydrogen) atoms. The molecule has 0 aromatic carbocycles. The highest BCUT2D eigenvalue weighted by Gasteiger charge is 2.18. The molecule has 1 aliphatic carbocycles. The van der Waals surface area contributed by atoms with Crippen molar-refractivity contribution in [1.82, 2.24) is 4.98 Å². The van der Waals surface area contributed by atoms with Crippen LogP contribution in [0.15, 0.2) is 18.3 Å². The number of nitrogens with zero attached hydrogens (tertiary/aromatic N) is 2. The Balaban J connectivity index is 1.95. The highest BCUT2D eigenvalue weighted by molar-refractivity contribution is 5.39. The largest absolute Gasteiger partial charge is 0.367 e. The molecular weight excluding hydrogens is 198 g/mol. The minimum atomic E-state index is 0.546. The molecular formula is C13H17N3. The van der Waals surface area contributed by atoms with Crippen LogP contribution in [0.2, 0.25) is 0 Å². The minimum Gasteiger partial charge on any atom is -0.367 e. The van der Waals surface area contributed by atoms with Gasteiger partial charge in [0.15, 0.2) is 0 Å². The lowest BCUT2D eigenvalue weighted by Crippen LogP contribution is -2.26. The number of nitrogens with one attached hydrogen (secondary N) is 1. The number of rotatable bonds is 2. The molecule has 0 saturated heterocycles. The molecule has 1 fully saturated rings. The average molecular weight is 215 g/mol. The topological polar surface area (TPSA) is 48.7 Å². The number of hydrogen-bond acceptors (Lipinski definition) is 3. The average Bonchev–Trinajstić information content (AvgIpc) is 2.30. The number of pyridine rings is 1. The molecule has 1 aromatic heterocycles. The van der Waals surface area contributed by atoms with Gasteiger partial charge in [0, 0.05) is 12.2 Å². The molecule has 3 heteroatoms. The molecule has 84 valence electrons. The first kappa shape index (κ1) is 10.9. The normalized spacial score (nSPS) is 24.8. The van der Waals surface area contributed by atoms with Gasteiger partial charge in [0.2, 0.25) is 0 Å². The van der Waals surface area contributed by atoms with Gasteiger partial charge in [0.25, 0.3) is 0 Å². The molecule has 0 unspecified atom stereocenters. The van der Waals surface area contributed by atoms with Crippen LogP contribution < -0.4 is 5.32 Å². The molecule has 1 N–H and O–H groups in total. The van der Waals surface area contributed by atoms with Gasteiger partial charge in [0.05, 0.1) is 5.56 Å². The van der Waals surface area contributed by atoms with E-state index in [-0.39, 0.29) is 0 Å². The molecule has 2 rings (SSSR count). The van der Waals surface area contributed by atoms with E-state index in [2.05, 4.69) is 23.3 Å². The summed E-state index contributed by atoms with van der Waals surface area (Å²) in [4.78, 5) is 4.24. The number of aromatic nitrogens is 1. The van der Waals surface area contributed by atoms with Crippen LogP contribution >= 0.6 is 0 Å². The van der Waals surface area contributed by atoms with Crippen molar-refractivity contribution in [3.8, 4) is 6.07 Å². The highest BCUT2D eigenvalue weighted by atomic mass is 15.0. The smallest absolute Gasteiger partial charge is 0.126 e. The molecule has 0 amide bonds. The fourth-order valence-corrected chi connectivity index (χ4v) is 2.32. The van der Waals surface area contributed by atoms with Crippen molar-refractivity contribution >= 4 is 5.82 Å². The van der Waals surface area contributed by atoms with E-state index >= 15 is 0 Å². The molecule has 0 bridgehead atoms. The van der Waals surface area contributed by atoms with Crippen LogP contribution in [0.5, 0.6) is 0 Å². The fraction of sp³-hybridized carbons (Fsp3) is 0.538. The number of nitriles is 1. The lowest BCUT2D eigenvalue weighted by Gasteiger charge is -2.27. The molecule has 0 radical (unpaired) electrons. The second-order valence-electron chi connectivity index (χ2n) is 4.66. The first-order valence-electron chi connectivity index (χ1n) is 5.90. The summed E-state index contributed by atoms with van der Waals surface area (Å²) in [6.45, 7) is 2.31. The van der Waals surface area contributed by atoms with Crippen LogP contribution in [-0.2, 0) is 0 Å². The van der Waals surface area contributed by atoms with Crippen molar-refractivity contribution in [3.63, 3.8) is 0 Å². The van der Waals surface area contributed by atoms with Crippen molar-refractivity contribution < 1.29 is 0 Å². The third-order valence-electron chi connectivity index (χ3n) is 3.18. The van der Waals surface area contributed by atoms with E-state index in [1.165, 1.54) is 25.7 Å². The number of hydrogen-bond donors (Lipinski definition) is 1. The van der Waals surface area contributed by atoms with E-state index in [1.54, 1.807) is 6.20 Å². The van der Waals surface area contributed by atoms with Gasteiger partial charge in [-0.1, -0.05) is 19.8 Å². The first-order chi connectivity index (χ1) is 7.78. The van der Waals surface area contributed by atoms with Gasteiger partial charge in [-0.05, 0) is 30.9 Å². The maximum absolute atomic E-state index is 8.67. The highest BCUT2D eigenvalue weighted by Crippen LogP contribution is 2.25. The SMILES string of the molecule is C[C@@H]1CCC[C@@H](Nc2ccc(C#N)cn2)C1. The van der Waals surface area contributed by atoms with Crippen LogP contribution in [0.1, 0.15) is 38.2 Å². The zero-order valence-corrected chi connectivity index (χ0v) is 9.61. The summed E-state index contributed by atoms with van der Waals surface area (Å²) < 4.78 is 0. The van der Waals surface area contributed by atoms with Crippen molar-refractivity contribution in [2.24, 2.45) is 5.92 Å². The Morgan fingerprint density at radius 3 is 2.94 bits per heavy atom. The minimum absolute atomic E-state index is 0.546. The third-order valence-corrected chi connectivity index (χ3v) is 3.18. The van der Waals surface area contributed by atoms with Gasteiger partial charge >= 0.3 is 0 Å². The fourth-order valence-electron chi connectivity index (χ4n) is 2.32. The van der Waals surface area contributed by atoms with Crippen molar-refractivity contribution in [3.05, 3.63) is 23.9 Å². The first-order valence-corrected chi connectivity index (χ1v) is 5.90. The predicted octanol–water partition coefficient (Wildman–Crippen LogP) is 2.94. The summed E-state index contributed by atoms with van der Waals surface area (Å²) in [5.74, 6) is 1.70. The molecule has 1 aliphatic rings. The van der Waals surface area contributed by atoms with Gasteiger partial charge in [-0.2, -0.15) is 5.26 Å². The van der Waals surface area contributed by atoms with Crippen LogP contribution in [-0.4, -0.2) is 11.0 Å². The molecule has 0 aliphatic heterocycles. The van der Waals surface area contributed by atoms with Gasteiger partial charge in [-0.3, -0.25) is 0 Å². The van der Waals surface area contributed by atoms with Gasteiger partial charge < -0.3 is 5.32 Å². The summed E-state index contributed by atoms with van der Waals surface area (Å²) in [6.07, 6.45) is 6.72. The van der Waals surface area contributed by atoms with Crippen molar-refractivity contribution in [1.29, 1.82) is 5.26 Å². The van der Waals surface area contributed by atoms with Crippen LogP contribution in [0, 0.1) is 17.2 Å².